The molecule has 1 N–H and O–H groups in total. The lowest BCUT2D eigenvalue weighted by Gasteiger charge is -2.10. The number of benzene rings is 1. The van der Waals surface area contributed by atoms with E-state index >= 15 is 0 Å². The van der Waals surface area contributed by atoms with Gasteiger partial charge in [0.05, 0.1) is 0 Å². The van der Waals surface area contributed by atoms with Crippen molar-refractivity contribution in [3.05, 3.63) is 53.2 Å². The molecular formula is C16H18F2N2O. The molecule has 0 aliphatic heterocycles. The topological polar surface area (TPSA) is 34.2 Å². The molecule has 21 heavy (non-hydrogen) atoms. The molecule has 0 saturated heterocycles. The van der Waals surface area contributed by atoms with Crippen LogP contribution in [0.4, 0.5) is 8.78 Å². The molecule has 0 spiro atoms. The second kappa shape index (κ2) is 7.13. The fraction of sp³-hybridized carbons (Fsp3) is 0.312. The third-order valence-electron chi connectivity index (χ3n) is 2.91. The fourth-order valence-electron chi connectivity index (χ4n) is 1.93. The molecule has 1 aromatic carbocycles. The summed E-state index contributed by atoms with van der Waals surface area (Å²) in [6.45, 7) is 5.56. The van der Waals surface area contributed by atoms with Crippen molar-refractivity contribution >= 4 is 0 Å². The Kier molecular flexibility index (Phi) is 5.22. The average molecular weight is 292 g/mol. The summed E-state index contributed by atoms with van der Waals surface area (Å²) >= 11 is 0. The molecule has 5 heteroatoms. The lowest BCUT2D eigenvalue weighted by molar-refractivity contribution is 0.448. The number of ether oxygens (including phenoxy) is 1. The van der Waals surface area contributed by atoms with Crippen LogP contribution in [0.2, 0.25) is 0 Å². The van der Waals surface area contributed by atoms with Crippen LogP contribution in [0.5, 0.6) is 11.6 Å². The fourth-order valence-corrected chi connectivity index (χ4v) is 1.93. The van der Waals surface area contributed by atoms with Crippen molar-refractivity contribution < 1.29 is 13.5 Å². The van der Waals surface area contributed by atoms with Gasteiger partial charge in [-0.1, -0.05) is 13.8 Å². The molecule has 1 heterocycles. The van der Waals surface area contributed by atoms with Crippen molar-refractivity contribution in [2.45, 2.75) is 26.8 Å². The first kappa shape index (κ1) is 15.4. The van der Waals surface area contributed by atoms with Gasteiger partial charge >= 0.3 is 0 Å². The molecule has 1 aromatic heterocycles. The van der Waals surface area contributed by atoms with E-state index in [4.69, 9.17) is 4.74 Å². The minimum Gasteiger partial charge on any atom is -0.439 e. The van der Waals surface area contributed by atoms with Gasteiger partial charge in [-0.2, -0.15) is 0 Å². The van der Waals surface area contributed by atoms with Gasteiger partial charge in [-0.3, -0.25) is 0 Å². The number of aromatic nitrogens is 1. The van der Waals surface area contributed by atoms with Crippen LogP contribution in [-0.4, -0.2) is 11.5 Å². The Morgan fingerprint density at radius 2 is 1.76 bits per heavy atom. The minimum atomic E-state index is -0.676. The highest BCUT2D eigenvalue weighted by atomic mass is 19.1. The summed E-state index contributed by atoms with van der Waals surface area (Å²) in [6.07, 6.45) is 0.758. The van der Waals surface area contributed by atoms with Crippen molar-refractivity contribution in [1.82, 2.24) is 10.3 Å². The number of rotatable bonds is 6. The highest BCUT2D eigenvalue weighted by Gasteiger charge is 2.07. The Bertz CT molecular complexity index is 597. The number of hydrogen-bond donors (Lipinski definition) is 1. The molecule has 2 aromatic rings. The molecular weight excluding hydrogens is 274 g/mol. The van der Waals surface area contributed by atoms with Crippen LogP contribution in [0.1, 0.15) is 25.1 Å². The van der Waals surface area contributed by atoms with E-state index in [1.165, 1.54) is 0 Å². The van der Waals surface area contributed by atoms with Crippen molar-refractivity contribution in [3.63, 3.8) is 0 Å². The second-order valence-corrected chi connectivity index (χ2v) is 4.65. The molecule has 0 unspecified atom stereocenters. The van der Waals surface area contributed by atoms with Crippen LogP contribution >= 0.6 is 0 Å². The number of pyridine rings is 1. The Morgan fingerprint density at radius 1 is 1.05 bits per heavy atom. The summed E-state index contributed by atoms with van der Waals surface area (Å²) in [5.74, 6) is -0.913. The Labute approximate surface area is 123 Å². The molecule has 0 aliphatic rings. The molecule has 2 rings (SSSR count). The largest absolute Gasteiger partial charge is 0.439 e. The number of nitrogens with one attached hydrogen (secondary N) is 1. The summed E-state index contributed by atoms with van der Waals surface area (Å²) < 4.78 is 31.8. The first-order valence-electron chi connectivity index (χ1n) is 6.95. The average Bonchev–Trinajstić information content (AvgIpc) is 2.43. The summed E-state index contributed by atoms with van der Waals surface area (Å²) in [5.41, 5.74) is 1.90. The van der Waals surface area contributed by atoms with Crippen LogP contribution in [-0.2, 0) is 13.0 Å². The van der Waals surface area contributed by atoms with E-state index in [0.29, 0.717) is 12.4 Å². The Morgan fingerprint density at radius 3 is 2.38 bits per heavy atom. The van der Waals surface area contributed by atoms with Gasteiger partial charge in [-0.25, -0.2) is 13.8 Å². The van der Waals surface area contributed by atoms with Crippen LogP contribution < -0.4 is 10.1 Å². The van der Waals surface area contributed by atoms with Gasteiger partial charge in [-0.15, -0.1) is 0 Å². The number of hydrogen-bond acceptors (Lipinski definition) is 3. The minimum absolute atomic E-state index is 0.0997. The van der Waals surface area contributed by atoms with E-state index in [0.717, 1.165) is 42.4 Å². The van der Waals surface area contributed by atoms with Crippen molar-refractivity contribution in [2.75, 3.05) is 6.54 Å². The lowest BCUT2D eigenvalue weighted by atomic mass is 10.2. The molecule has 0 saturated carbocycles. The standard InChI is InChI=1S/C16H18F2N2O/c1-3-14-5-11(10-19-4-2)6-16(20-14)21-15-8-12(17)7-13(18)9-15/h5-9,19H,3-4,10H2,1-2H3. The SMILES string of the molecule is CCNCc1cc(CC)nc(Oc2cc(F)cc(F)c2)c1. The van der Waals surface area contributed by atoms with Gasteiger partial charge in [0.25, 0.3) is 0 Å². The normalized spacial score (nSPS) is 10.7. The van der Waals surface area contributed by atoms with E-state index in [9.17, 15) is 8.78 Å². The maximum absolute atomic E-state index is 13.2. The van der Waals surface area contributed by atoms with Gasteiger partial charge < -0.3 is 10.1 Å². The van der Waals surface area contributed by atoms with Crippen molar-refractivity contribution in [3.8, 4) is 11.6 Å². The monoisotopic (exact) mass is 292 g/mol. The van der Waals surface area contributed by atoms with E-state index in [1.54, 1.807) is 6.07 Å². The van der Waals surface area contributed by atoms with Crippen LogP contribution in [0.15, 0.2) is 30.3 Å². The Balaban J connectivity index is 2.25. The molecule has 0 atom stereocenters. The van der Waals surface area contributed by atoms with Gasteiger partial charge in [0.1, 0.15) is 17.4 Å². The van der Waals surface area contributed by atoms with E-state index in [1.807, 2.05) is 19.9 Å². The van der Waals surface area contributed by atoms with Crippen LogP contribution in [0.25, 0.3) is 0 Å². The van der Waals surface area contributed by atoms with Crippen LogP contribution in [0.3, 0.4) is 0 Å². The van der Waals surface area contributed by atoms with Gasteiger partial charge in [0, 0.05) is 36.5 Å². The zero-order chi connectivity index (χ0) is 15.2. The van der Waals surface area contributed by atoms with Gasteiger partial charge in [-0.05, 0) is 24.6 Å². The molecule has 3 nitrogen and oxygen atoms in total. The third kappa shape index (κ3) is 4.49. The Hall–Kier alpha value is -2.01. The highest BCUT2D eigenvalue weighted by molar-refractivity contribution is 5.31. The zero-order valence-corrected chi connectivity index (χ0v) is 12.1. The number of aryl methyl sites for hydroxylation is 1. The summed E-state index contributed by atoms with van der Waals surface area (Å²) in [5, 5.41) is 3.22. The molecule has 0 bridgehead atoms. The molecule has 112 valence electrons. The van der Waals surface area contributed by atoms with E-state index < -0.39 is 11.6 Å². The first-order chi connectivity index (χ1) is 10.1. The highest BCUT2D eigenvalue weighted by Crippen LogP contribution is 2.23. The summed E-state index contributed by atoms with van der Waals surface area (Å²) in [4.78, 5) is 4.32. The van der Waals surface area contributed by atoms with E-state index in [-0.39, 0.29) is 5.75 Å². The van der Waals surface area contributed by atoms with Gasteiger partial charge in [0.2, 0.25) is 5.88 Å². The second-order valence-electron chi connectivity index (χ2n) is 4.65. The predicted octanol–water partition coefficient (Wildman–Crippen LogP) is 3.82. The number of nitrogens with zero attached hydrogens (tertiary/aromatic N) is 1. The van der Waals surface area contributed by atoms with E-state index in [2.05, 4.69) is 10.3 Å². The summed E-state index contributed by atoms with van der Waals surface area (Å²) in [7, 11) is 0. The smallest absolute Gasteiger partial charge is 0.219 e. The molecule has 0 aliphatic carbocycles. The molecule has 0 amide bonds. The van der Waals surface area contributed by atoms with Crippen LogP contribution in [0, 0.1) is 11.6 Å². The molecule has 0 radical (unpaired) electrons. The quantitative estimate of drug-likeness (QED) is 0.878. The maximum atomic E-state index is 13.2. The lowest BCUT2D eigenvalue weighted by Crippen LogP contribution is -2.12. The molecule has 0 fully saturated rings. The third-order valence-corrected chi connectivity index (χ3v) is 2.91. The van der Waals surface area contributed by atoms with Crippen molar-refractivity contribution in [1.29, 1.82) is 0 Å². The first-order valence-corrected chi connectivity index (χ1v) is 6.95. The van der Waals surface area contributed by atoms with Gasteiger partial charge in [0.15, 0.2) is 0 Å². The van der Waals surface area contributed by atoms with Crippen molar-refractivity contribution in [2.24, 2.45) is 0 Å². The zero-order valence-electron chi connectivity index (χ0n) is 12.1. The number of halogens is 2. The summed E-state index contributed by atoms with van der Waals surface area (Å²) in [6, 6.07) is 6.83. The predicted molar refractivity (Wildman–Crippen MR) is 77.4 cm³/mol. The maximum Gasteiger partial charge on any atom is 0.219 e.